The van der Waals surface area contributed by atoms with Gasteiger partial charge in [-0.15, -0.1) is 11.3 Å². The van der Waals surface area contributed by atoms with Crippen LogP contribution in [-0.4, -0.2) is 23.3 Å². The van der Waals surface area contributed by atoms with Crippen LogP contribution in [0.15, 0.2) is 78.2 Å². The first-order chi connectivity index (χ1) is 16.0. The Morgan fingerprint density at radius 3 is 2.24 bits per heavy atom. The summed E-state index contributed by atoms with van der Waals surface area (Å²) in [6, 6.07) is 22.8. The molecule has 33 heavy (non-hydrogen) atoms. The minimum Gasteiger partial charge on any atom is -0.350 e. The van der Waals surface area contributed by atoms with E-state index in [1.54, 1.807) is 35.6 Å². The summed E-state index contributed by atoms with van der Waals surface area (Å²) in [4.78, 5) is 28.9. The third kappa shape index (κ3) is 6.06. The number of aromatic nitrogens is 1. The number of rotatable bonds is 7. The minimum absolute atomic E-state index is 0.0968. The molecule has 0 aliphatic carbocycles. The van der Waals surface area contributed by atoms with E-state index in [2.05, 4.69) is 47.2 Å². The summed E-state index contributed by atoms with van der Waals surface area (Å²) in [5.74, 6) is -0.580. The van der Waals surface area contributed by atoms with Gasteiger partial charge in [0.1, 0.15) is 5.01 Å². The van der Waals surface area contributed by atoms with Gasteiger partial charge >= 0.3 is 0 Å². The Bertz CT molecular complexity index is 1250. The van der Waals surface area contributed by atoms with E-state index in [1.807, 2.05) is 24.3 Å². The molecule has 7 heteroatoms. The molecule has 0 bridgehead atoms. The number of hydrogen-bond donors (Lipinski definition) is 2. The van der Waals surface area contributed by atoms with Crippen molar-refractivity contribution in [1.29, 1.82) is 0 Å². The molecule has 0 saturated heterocycles. The molecule has 0 atom stereocenters. The normalized spacial score (nSPS) is 10.6. The van der Waals surface area contributed by atoms with Crippen LogP contribution in [-0.2, 0) is 11.3 Å². The van der Waals surface area contributed by atoms with Crippen molar-refractivity contribution >= 4 is 34.8 Å². The van der Waals surface area contributed by atoms with Crippen molar-refractivity contribution in [2.75, 3.05) is 6.54 Å². The Hall–Kier alpha value is -3.48. The lowest BCUT2D eigenvalue weighted by molar-refractivity contribution is -0.120. The summed E-state index contributed by atoms with van der Waals surface area (Å²) in [6.07, 6.45) is 0. The fourth-order valence-corrected chi connectivity index (χ4v) is 4.12. The lowest BCUT2D eigenvalue weighted by atomic mass is 10.1. The van der Waals surface area contributed by atoms with Crippen molar-refractivity contribution in [3.63, 3.8) is 0 Å². The average Bonchev–Trinajstić information content (AvgIpc) is 3.33. The molecule has 2 N–H and O–H groups in total. The van der Waals surface area contributed by atoms with E-state index in [4.69, 9.17) is 16.6 Å². The van der Waals surface area contributed by atoms with Gasteiger partial charge in [-0.2, -0.15) is 0 Å². The van der Waals surface area contributed by atoms with Gasteiger partial charge < -0.3 is 10.6 Å². The van der Waals surface area contributed by atoms with E-state index in [1.165, 1.54) is 5.56 Å². The lowest BCUT2D eigenvalue weighted by Gasteiger charge is -2.08. The number of nitrogens with zero attached hydrogens (tertiary/aromatic N) is 1. The first kappa shape index (κ1) is 22.7. The largest absolute Gasteiger partial charge is 0.350 e. The number of carbonyl (C=O) groups is 2. The summed E-state index contributed by atoms with van der Waals surface area (Å²) in [5.41, 5.74) is 5.74. The first-order valence-electron chi connectivity index (χ1n) is 10.4. The van der Waals surface area contributed by atoms with Gasteiger partial charge in [0.05, 0.1) is 12.2 Å². The molecule has 4 aromatic rings. The molecular weight excluding hydrogens is 454 g/mol. The number of hydrogen-bond acceptors (Lipinski definition) is 4. The van der Waals surface area contributed by atoms with Crippen molar-refractivity contribution in [2.24, 2.45) is 0 Å². The van der Waals surface area contributed by atoms with E-state index in [-0.39, 0.29) is 18.4 Å². The van der Waals surface area contributed by atoms with Gasteiger partial charge in [0.2, 0.25) is 5.91 Å². The second kappa shape index (κ2) is 10.4. The van der Waals surface area contributed by atoms with E-state index in [0.29, 0.717) is 17.1 Å². The van der Waals surface area contributed by atoms with Crippen LogP contribution in [0.1, 0.15) is 21.5 Å². The summed E-state index contributed by atoms with van der Waals surface area (Å²) in [5, 5.41) is 8.98. The Morgan fingerprint density at radius 1 is 0.879 bits per heavy atom. The Morgan fingerprint density at radius 2 is 1.55 bits per heavy atom. The van der Waals surface area contributed by atoms with Crippen molar-refractivity contribution in [2.45, 2.75) is 13.5 Å². The highest BCUT2D eigenvalue weighted by atomic mass is 35.5. The summed E-state index contributed by atoms with van der Waals surface area (Å²) in [7, 11) is 0. The molecule has 4 rings (SSSR count). The van der Waals surface area contributed by atoms with Crippen LogP contribution in [0, 0.1) is 6.92 Å². The van der Waals surface area contributed by atoms with Crippen molar-refractivity contribution in [3.05, 3.63) is 99.9 Å². The molecule has 0 saturated carbocycles. The number of halogens is 1. The monoisotopic (exact) mass is 475 g/mol. The Balaban J connectivity index is 1.28. The quantitative estimate of drug-likeness (QED) is 0.371. The number of thiazole rings is 1. The fraction of sp³-hybridized carbons (Fsp3) is 0.115. The van der Waals surface area contributed by atoms with Gasteiger partial charge in [0, 0.05) is 33.6 Å². The second-order valence-electron chi connectivity index (χ2n) is 7.57. The molecule has 5 nitrogen and oxygen atoms in total. The minimum atomic E-state index is -0.320. The Kier molecular flexibility index (Phi) is 7.17. The summed E-state index contributed by atoms with van der Waals surface area (Å²) in [6.45, 7) is 2.35. The molecule has 0 aliphatic rings. The topological polar surface area (TPSA) is 71.1 Å². The zero-order valence-corrected chi connectivity index (χ0v) is 19.5. The van der Waals surface area contributed by atoms with Crippen LogP contribution >= 0.6 is 22.9 Å². The number of amides is 2. The third-order valence-corrected chi connectivity index (χ3v) is 6.20. The van der Waals surface area contributed by atoms with Gasteiger partial charge in [0.25, 0.3) is 5.91 Å². The highest BCUT2D eigenvalue weighted by molar-refractivity contribution is 7.13. The van der Waals surface area contributed by atoms with Crippen molar-refractivity contribution < 1.29 is 9.59 Å². The van der Waals surface area contributed by atoms with Gasteiger partial charge in [-0.05, 0) is 36.8 Å². The first-order valence-corrected chi connectivity index (χ1v) is 11.7. The molecule has 0 aliphatic heterocycles. The molecule has 0 radical (unpaired) electrons. The molecule has 1 aromatic heterocycles. The average molecular weight is 476 g/mol. The molecular formula is C26H22ClN3O2S. The van der Waals surface area contributed by atoms with Gasteiger partial charge in [0.15, 0.2) is 0 Å². The van der Waals surface area contributed by atoms with Gasteiger partial charge in [-0.25, -0.2) is 4.98 Å². The third-order valence-electron chi connectivity index (χ3n) is 5.06. The molecule has 0 unspecified atom stereocenters. The highest BCUT2D eigenvalue weighted by Crippen LogP contribution is 2.29. The second-order valence-corrected chi connectivity index (χ2v) is 8.86. The maximum Gasteiger partial charge on any atom is 0.251 e. The fourth-order valence-electron chi connectivity index (χ4n) is 3.16. The zero-order valence-electron chi connectivity index (χ0n) is 18.0. The maximum absolute atomic E-state index is 12.1. The van der Waals surface area contributed by atoms with Crippen molar-refractivity contribution in [1.82, 2.24) is 15.6 Å². The predicted molar refractivity (Wildman–Crippen MR) is 133 cm³/mol. The molecule has 1 heterocycles. The van der Waals surface area contributed by atoms with Crippen LogP contribution in [0.5, 0.6) is 0 Å². The van der Waals surface area contributed by atoms with E-state index >= 15 is 0 Å². The molecule has 166 valence electrons. The van der Waals surface area contributed by atoms with E-state index in [0.717, 1.165) is 27.4 Å². The van der Waals surface area contributed by atoms with Gasteiger partial charge in [-0.1, -0.05) is 65.7 Å². The van der Waals surface area contributed by atoms with Crippen LogP contribution in [0.3, 0.4) is 0 Å². The molecule has 0 spiro atoms. The predicted octanol–water partition coefficient (Wildman–Crippen LogP) is 5.49. The zero-order chi connectivity index (χ0) is 23.2. The number of benzene rings is 3. The van der Waals surface area contributed by atoms with Crippen molar-refractivity contribution in [3.8, 4) is 21.8 Å². The lowest BCUT2D eigenvalue weighted by Crippen LogP contribution is -2.36. The smallest absolute Gasteiger partial charge is 0.251 e. The number of nitrogens with one attached hydrogen (secondary N) is 2. The number of carbonyl (C=O) groups excluding carboxylic acids is 2. The molecule has 2 amide bonds. The van der Waals surface area contributed by atoms with Crippen LogP contribution in [0.2, 0.25) is 5.02 Å². The van der Waals surface area contributed by atoms with E-state index in [9.17, 15) is 9.59 Å². The summed E-state index contributed by atoms with van der Waals surface area (Å²) < 4.78 is 0. The molecule has 3 aromatic carbocycles. The van der Waals surface area contributed by atoms with Crippen LogP contribution in [0.4, 0.5) is 0 Å². The summed E-state index contributed by atoms with van der Waals surface area (Å²) >= 11 is 7.43. The van der Waals surface area contributed by atoms with E-state index < -0.39 is 0 Å². The SMILES string of the molecule is Cc1ccc(-c2csc(-c3ccc(CNC(=O)CNC(=O)c4ccc(Cl)cc4)cc3)n2)cc1. The van der Waals surface area contributed by atoms with Crippen LogP contribution in [0.25, 0.3) is 21.8 Å². The molecule has 0 fully saturated rings. The standard InChI is InChI=1S/C26H22ClN3O2S/c1-17-2-6-19(7-3-17)23-16-33-26(30-23)21-8-4-18(5-9-21)14-28-24(31)15-29-25(32)20-10-12-22(27)13-11-20/h2-13,16H,14-15H2,1H3,(H,28,31)(H,29,32). The Labute approximate surface area is 201 Å². The van der Waals surface area contributed by atoms with Gasteiger partial charge in [-0.3, -0.25) is 9.59 Å². The highest BCUT2D eigenvalue weighted by Gasteiger charge is 2.09. The maximum atomic E-state index is 12.1. The van der Waals surface area contributed by atoms with Crippen LogP contribution < -0.4 is 10.6 Å². The number of aryl methyl sites for hydroxylation is 1.